The van der Waals surface area contributed by atoms with Gasteiger partial charge in [-0.2, -0.15) is 5.10 Å². The number of esters is 1. The quantitative estimate of drug-likeness (QED) is 0.726. The number of aromatic nitrogens is 3. The average molecular weight is 415 g/mol. The van der Waals surface area contributed by atoms with Crippen LogP contribution >= 0.6 is 0 Å². The molecule has 30 heavy (non-hydrogen) atoms. The van der Waals surface area contributed by atoms with Crippen LogP contribution in [-0.4, -0.2) is 39.2 Å². The van der Waals surface area contributed by atoms with Crippen molar-refractivity contribution in [3.8, 4) is 0 Å². The first-order valence-corrected chi connectivity index (χ1v) is 10.7. The summed E-state index contributed by atoms with van der Waals surface area (Å²) in [6, 6.07) is 1.77. The minimum Gasteiger partial charge on any atom is -0.452 e. The van der Waals surface area contributed by atoms with E-state index in [2.05, 4.69) is 15.4 Å². The summed E-state index contributed by atoms with van der Waals surface area (Å²) in [7, 11) is 0. The lowest BCUT2D eigenvalue weighted by Crippen LogP contribution is -2.38. The molecule has 2 aromatic heterocycles. The van der Waals surface area contributed by atoms with E-state index in [1.54, 1.807) is 16.9 Å². The zero-order valence-corrected chi connectivity index (χ0v) is 18.1. The normalized spacial score (nSPS) is 15.0. The van der Waals surface area contributed by atoms with Crippen LogP contribution in [0.5, 0.6) is 0 Å². The van der Waals surface area contributed by atoms with Gasteiger partial charge in [-0.1, -0.05) is 33.1 Å². The number of carbonyl (C=O) groups is 3. The van der Waals surface area contributed by atoms with Crippen LogP contribution < -0.4 is 5.32 Å². The highest BCUT2D eigenvalue weighted by molar-refractivity contribution is 6.04. The molecule has 8 nitrogen and oxygen atoms in total. The maximum Gasteiger partial charge on any atom is 0.339 e. The number of imide groups is 1. The number of ether oxygens (including phenoxy) is 1. The summed E-state index contributed by atoms with van der Waals surface area (Å²) < 4.78 is 6.98. The molecular weight excluding hydrogens is 384 g/mol. The first-order valence-electron chi connectivity index (χ1n) is 10.7. The number of hydrogen-bond acceptors (Lipinski definition) is 6. The largest absolute Gasteiger partial charge is 0.452 e. The van der Waals surface area contributed by atoms with E-state index < -0.39 is 18.5 Å². The van der Waals surface area contributed by atoms with E-state index in [-0.39, 0.29) is 23.8 Å². The highest BCUT2D eigenvalue weighted by atomic mass is 16.5. The average Bonchev–Trinajstić information content (AvgIpc) is 3.16. The fraction of sp³-hybridized carbons (Fsp3) is 0.591. The van der Waals surface area contributed by atoms with Crippen molar-refractivity contribution in [2.24, 2.45) is 5.92 Å². The lowest BCUT2D eigenvalue weighted by molar-refractivity contribution is -0.135. The minimum atomic E-state index is -0.632. The Bertz CT molecular complexity index is 942. The molecule has 0 atom stereocenters. The number of pyridine rings is 1. The van der Waals surface area contributed by atoms with E-state index in [1.165, 1.54) is 0 Å². The van der Waals surface area contributed by atoms with Crippen LogP contribution in [-0.2, 0) is 14.3 Å². The van der Waals surface area contributed by atoms with Crippen molar-refractivity contribution in [2.45, 2.75) is 71.8 Å². The molecule has 0 saturated heterocycles. The first-order chi connectivity index (χ1) is 14.3. The number of carbonyl (C=O) groups excluding carboxylic acids is 3. The molecule has 162 valence electrons. The van der Waals surface area contributed by atoms with Crippen molar-refractivity contribution in [1.82, 2.24) is 20.1 Å². The Morgan fingerprint density at radius 2 is 1.87 bits per heavy atom. The summed E-state index contributed by atoms with van der Waals surface area (Å²) >= 11 is 0. The van der Waals surface area contributed by atoms with Crippen molar-refractivity contribution in [1.29, 1.82) is 0 Å². The van der Waals surface area contributed by atoms with Crippen LogP contribution in [0, 0.1) is 5.92 Å². The molecule has 2 aromatic rings. The molecule has 1 fully saturated rings. The third-order valence-corrected chi connectivity index (χ3v) is 5.46. The topological polar surface area (TPSA) is 103 Å². The SMILES string of the molecule is CC(C)c1cc(C(=O)OCC(=O)NC(=O)C2CCCCC2)c2cnn(C(C)C)c2n1. The van der Waals surface area contributed by atoms with Crippen LogP contribution in [0.2, 0.25) is 0 Å². The van der Waals surface area contributed by atoms with Crippen molar-refractivity contribution in [2.75, 3.05) is 6.61 Å². The molecule has 8 heteroatoms. The summed E-state index contributed by atoms with van der Waals surface area (Å²) in [5.74, 6) is -1.54. The van der Waals surface area contributed by atoms with Crippen molar-refractivity contribution < 1.29 is 19.1 Å². The fourth-order valence-electron chi connectivity index (χ4n) is 3.73. The van der Waals surface area contributed by atoms with E-state index >= 15 is 0 Å². The Labute approximate surface area is 176 Å². The van der Waals surface area contributed by atoms with Gasteiger partial charge in [0.25, 0.3) is 5.91 Å². The standard InChI is InChI=1S/C22H30N4O4/c1-13(2)18-10-16(17-11-23-26(14(3)4)20(17)24-18)22(29)30-12-19(27)25-21(28)15-8-6-5-7-9-15/h10-11,13-15H,5-9,12H2,1-4H3,(H,25,27,28). The van der Waals surface area contributed by atoms with E-state index in [0.29, 0.717) is 16.6 Å². The van der Waals surface area contributed by atoms with E-state index in [0.717, 1.165) is 37.8 Å². The number of nitrogens with zero attached hydrogens (tertiary/aromatic N) is 3. The number of nitrogens with one attached hydrogen (secondary N) is 1. The summed E-state index contributed by atoms with van der Waals surface area (Å²) in [6.07, 6.45) is 6.32. The van der Waals surface area contributed by atoms with E-state index in [9.17, 15) is 14.4 Å². The Balaban J connectivity index is 1.71. The van der Waals surface area contributed by atoms with Gasteiger partial charge in [0.2, 0.25) is 5.91 Å². The molecule has 2 heterocycles. The maximum atomic E-state index is 12.8. The van der Waals surface area contributed by atoms with Gasteiger partial charge in [-0.3, -0.25) is 14.9 Å². The second-order valence-electron chi connectivity index (χ2n) is 8.49. The second kappa shape index (κ2) is 9.36. The third-order valence-electron chi connectivity index (χ3n) is 5.46. The van der Waals surface area contributed by atoms with Crippen LogP contribution in [0.15, 0.2) is 12.3 Å². The van der Waals surface area contributed by atoms with E-state index in [4.69, 9.17) is 4.74 Å². The predicted octanol–water partition coefficient (Wildman–Crippen LogP) is 3.52. The lowest BCUT2D eigenvalue weighted by atomic mass is 9.89. The van der Waals surface area contributed by atoms with Crippen LogP contribution in [0.1, 0.15) is 87.8 Å². The summed E-state index contributed by atoms with van der Waals surface area (Å²) in [5.41, 5.74) is 1.68. The molecule has 1 aliphatic carbocycles. The van der Waals surface area contributed by atoms with Crippen LogP contribution in [0.25, 0.3) is 11.0 Å². The van der Waals surface area contributed by atoms with Gasteiger partial charge in [-0.25, -0.2) is 14.5 Å². The molecule has 0 aliphatic heterocycles. The predicted molar refractivity (Wildman–Crippen MR) is 112 cm³/mol. The van der Waals surface area contributed by atoms with Crippen molar-refractivity contribution >= 4 is 28.8 Å². The molecule has 1 aliphatic rings. The molecule has 0 radical (unpaired) electrons. The van der Waals surface area contributed by atoms with Gasteiger partial charge in [0, 0.05) is 17.7 Å². The molecule has 1 N–H and O–H groups in total. The van der Waals surface area contributed by atoms with Gasteiger partial charge in [0.1, 0.15) is 0 Å². The first kappa shape index (κ1) is 21.9. The van der Waals surface area contributed by atoms with Gasteiger partial charge in [0.15, 0.2) is 12.3 Å². The second-order valence-corrected chi connectivity index (χ2v) is 8.49. The molecule has 0 aromatic carbocycles. The zero-order chi connectivity index (χ0) is 21.8. The van der Waals surface area contributed by atoms with Gasteiger partial charge in [0.05, 0.1) is 17.1 Å². The third kappa shape index (κ3) is 4.86. The lowest BCUT2D eigenvalue weighted by Gasteiger charge is -2.20. The number of fused-ring (bicyclic) bond motifs is 1. The number of rotatable bonds is 6. The summed E-state index contributed by atoms with van der Waals surface area (Å²) in [5, 5.41) is 7.29. The molecule has 3 rings (SSSR count). The molecule has 0 spiro atoms. The molecular formula is C22H30N4O4. The highest BCUT2D eigenvalue weighted by Crippen LogP contribution is 2.25. The van der Waals surface area contributed by atoms with Gasteiger partial charge < -0.3 is 4.74 Å². The van der Waals surface area contributed by atoms with Gasteiger partial charge >= 0.3 is 5.97 Å². The van der Waals surface area contributed by atoms with Crippen LogP contribution in [0.3, 0.4) is 0 Å². The Kier molecular flexibility index (Phi) is 6.84. The molecule has 0 bridgehead atoms. The molecule has 2 amide bonds. The van der Waals surface area contributed by atoms with Crippen LogP contribution in [0.4, 0.5) is 0 Å². The fourth-order valence-corrected chi connectivity index (χ4v) is 3.73. The maximum absolute atomic E-state index is 12.8. The minimum absolute atomic E-state index is 0.0814. The Morgan fingerprint density at radius 1 is 1.17 bits per heavy atom. The Hall–Kier alpha value is -2.77. The van der Waals surface area contributed by atoms with Gasteiger partial charge in [-0.05, 0) is 38.7 Å². The van der Waals surface area contributed by atoms with Gasteiger partial charge in [-0.15, -0.1) is 0 Å². The molecule has 0 unspecified atom stereocenters. The monoisotopic (exact) mass is 414 g/mol. The van der Waals surface area contributed by atoms with E-state index in [1.807, 2.05) is 27.7 Å². The smallest absolute Gasteiger partial charge is 0.339 e. The summed E-state index contributed by atoms with van der Waals surface area (Å²) in [6.45, 7) is 7.45. The highest BCUT2D eigenvalue weighted by Gasteiger charge is 2.24. The zero-order valence-electron chi connectivity index (χ0n) is 18.1. The summed E-state index contributed by atoms with van der Waals surface area (Å²) in [4.78, 5) is 41.7. The number of hydrogen-bond donors (Lipinski definition) is 1. The molecule has 1 saturated carbocycles. The van der Waals surface area contributed by atoms with Crippen molar-refractivity contribution in [3.63, 3.8) is 0 Å². The Morgan fingerprint density at radius 3 is 2.50 bits per heavy atom. The van der Waals surface area contributed by atoms with Crippen molar-refractivity contribution in [3.05, 3.63) is 23.5 Å². The number of amides is 2.